The third kappa shape index (κ3) is 11.8. The van der Waals surface area contributed by atoms with Crippen molar-refractivity contribution >= 4 is 70.8 Å². The largest absolute Gasteiger partial charge is 0.353 e. The molecule has 3 aliphatic carbocycles. The number of thioether (sulfide) groups is 2. The Morgan fingerprint density at radius 3 is 1.26 bits per heavy atom. The van der Waals surface area contributed by atoms with Crippen LogP contribution < -0.4 is 42.5 Å². The molecule has 1 saturated carbocycles. The summed E-state index contributed by atoms with van der Waals surface area (Å²) < 4.78 is 0. The first kappa shape index (κ1) is 57.5. The minimum atomic E-state index is -0.821. The first-order valence-corrected chi connectivity index (χ1v) is 30.5. The fourth-order valence-corrected chi connectivity index (χ4v) is 16.6. The molecule has 424 valence electrons. The maximum Gasteiger partial charge on any atom is 0.246 e. The van der Waals surface area contributed by atoms with Gasteiger partial charge in [0, 0.05) is 12.1 Å². The lowest BCUT2D eigenvalue weighted by molar-refractivity contribution is -0.144. The van der Waals surface area contributed by atoms with Crippen molar-refractivity contribution in [3.05, 3.63) is 70.8 Å². The van der Waals surface area contributed by atoms with E-state index in [-0.39, 0.29) is 70.1 Å². The summed E-state index contributed by atoms with van der Waals surface area (Å²) in [4.78, 5) is 117. The van der Waals surface area contributed by atoms with E-state index < -0.39 is 71.0 Å². The Bertz CT molecular complexity index is 2450. The highest BCUT2D eigenvalue weighted by atomic mass is 32.2. The van der Waals surface area contributed by atoms with Crippen LogP contribution in [0.3, 0.4) is 0 Å². The summed E-state index contributed by atoms with van der Waals surface area (Å²) in [5.74, 6) is -1.83. The average molecular weight is 1110 g/mol. The highest BCUT2D eigenvalue weighted by Crippen LogP contribution is 2.49. The minimum absolute atomic E-state index is 0.144. The van der Waals surface area contributed by atoms with E-state index in [1.54, 1.807) is 61.3 Å². The van der Waals surface area contributed by atoms with Gasteiger partial charge in [0.2, 0.25) is 47.3 Å². The Hall–Kier alpha value is -5.18. The van der Waals surface area contributed by atoms with Gasteiger partial charge in [0.15, 0.2) is 0 Å². The fraction of sp³-hybridized carbons (Fsp3) is 0.655. The second-order valence-electron chi connectivity index (χ2n) is 24.3. The van der Waals surface area contributed by atoms with Crippen molar-refractivity contribution in [1.29, 1.82) is 0 Å². The zero-order valence-electron chi connectivity index (χ0n) is 46.6. The molecule has 4 aliphatic heterocycles. The van der Waals surface area contributed by atoms with E-state index in [0.717, 1.165) is 22.3 Å². The molecule has 0 radical (unpaired) electrons. The lowest BCUT2D eigenvalue weighted by Gasteiger charge is -2.39. The lowest BCUT2D eigenvalue weighted by atomic mass is 9.77. The Balaban J connectivity index is 0.846. The quantitative estimate of drug-likeness (QED) is 0.135. The average Bonchev–Trinajstić information content (AvgIpc) is 3.84. The molecule has 4 heterocycles. The van der Waals surface area contributed by atoms with E-state index in [2.05, 4.69) is 42.5 Å². The van der Waals surface area contributed by atoms with E-state index >= 15 is 0 Å². The number of aryl methyl sites for hydroxylation is 2. The molecule has 0 bridgehead atoms. The van der Waals surface area contributed by atoms with E-state index in [1.165, 1.54) is 0 Å². The summed E-state index contributed by atoms with van der Waals surface area (Å²) in [6.07, 6.45) is 7.07. The van der Waals surface area contributed by atoms with Crippen molar-refractivity contribution < 1.29 is 38.4 Å². The van der Waals surface area contributed by atoms with Crippen LogP contribution in [0, 0.1) is 22.7 Å². The lowest BCUT2D eigenvalue weighted by Crippen LogP contribution is -2.59. The van der Waals surface area contributed by atoms with Crippen molar-refractivity contribution in [1.82, 2.24) is 52.3 Å². The molecule has 20 heteroatoms. The number of likely N-dealkylation sites (N-methyl/N-ethyl adjacent to an activating group) is 2. The first-order valence-electron chi connectivity index (χ1n) is 28.4. The summed E-state index contributed by atoms with van der Waals surface area (Å²) in [5, 5.41) is 24.6. The summed E-state index contributed by atoms with van der Waals surface area (Å²) in [7, 11) is 3.38. The third-order valence-electron chi connectivity index (χ3n) is 18.1. The van der Waals surface area contributed by atoms with Gasteiger partial charge in [-0.25, -0.2) is 0 Å². The van der Waals surface area contributed by atoms with Crippen molar-refractivity contribution in [2.75, 3.05) is 25.6 Å². The highest BCUT2D eigenvalue weighted by Gasteiger charge is 2.57. The van der Waals surface area contributed by atoms with Crippen LogP contribution in [0.4, 0.5) is 0 Å². The zero-order valence-corrected chi connectivity index (χ0v) is 48.2. The van der Waals surface area contributed by atoms with E-state index in [9.17, 15) is 38.4 Å². The standard InChI is InChI=1S/C58H82N10O8S2/c1-31(59-7)49(69)63-41-25-27-77-43-29-57(3,4)47(67(43)55(41)75)53(73)65-45-37-15-11-9-13-33(37)17-23-39(45)51(71)61-35-19-21-36(22-20-35)62-52(72)40-24-18-34-14-10-12-16-38(34)46(40)66-54(74)48-58(5,6)30-44-68(48)56(76)42(26-28-78-44)64-50(70)32(2)60-8/h9-16,31-32,35-36,39-48,59-60H,17-30H2,1-8H3,(H,61,71)(H,62,72)(H,63,69)(H,64,70)(H,65,73)(H,66,74)/t31-,32-,35?,36?,39+,40+,41-,42-,43-,44-,45-,46?,47+,48+/m0/s1. The van der Waals surface area contributed by atoms with Gasteiger partial charge in [0.25, 0.3) is 0 Å². The van der Waals surface area contributed by atoms with Gasteiger partial charge in [-0.2, -0.15) is 0 Å². The molecular formula is C58H82N10O8S2. The molecule has 4 saturated heterocycles. The van der Waals surface area contributed by atoms with Crippen LogP contribution in [0.5, 0.6) is 0 Å². The summed E-state index contributed by atoms with van der Waals surface area (Å²) >= 11 is 3.28. The van der Waals surface area contributed by atoms with Crippen LogP contribution in [-0.2, 0) is 51.2 Å². The molecule has 5 fully saturated rings. The number of carbonyl (C=O) groups is 8. The van der Waals surface area contributed by atoms with Crippen molar-refractivity contribution in [3.8, 4) is 0 Å². The predicted molar refractivity (Wildman–Crippen MR) is 301 cm³/mol. The Kier molecular flexibility index (Phi) is 17.6. The van der Waals surface area contributed by atoms with E-state index in [1.807, 2.05) is 76.2 Å². The van der Waals surface area contributed by atoms with Crippen LogP contribution in [-0.4, -0.2) is 142 Å². The molecule has 0 spiro atoms. The summed E-state index contributed by atoms with van der Waals surface area (Å²) in [6.45, 7) is 11.5. The molecule has 9 rings (SSSR count). The van der Waals surface area contributed by atoms with Crippen LogP contribution in [0.15, 0.2) is 48.5 Å². The smallest absolute Gasteiger partial charge is 0.246 e. The van der Waals surface area contributed by atoms with Gasteiger partial charge in [-0.3, -0.25) is 38.4 Å². The van der Waals surface area contributed by atoms with Crippen molar-refractivity contribution in [2.24, 2.45) is 22.7 Å². The number of hydrogen-bond acceptors (Lipinski definition) is 12. The van der Waals surface area contributed by atoms with E-state index in [4.69, 9.17) is 0 Å². The van der Waals surface area contributed by atoms with Gasteiger partial charge >= 0.3 is 0 Å². The topological polar surface area (TPSA) is 239 Å². The van der Waals surface area contributed by atoms with Gasteiger partial charge in [-0.1, -0.05) is 76.2 Å². The monoisotopic (exact) mass is 1110 g/mol. The number of carbonyl (C=O) groups excluding carboxylic acids is 8. The molecule has 78 heavy (non-hydrogen) atoms. The van der Waals surface area contributed by atoms with Gasteiger partial charge in [-0.15, -0.1) is 23.5 Å². The summed E-state index contributed by atoms with van der Waals surface area (Å²) in [5.41, 5.74) is 2.74. The molecule has 2 aromatic carbocycles. The maximum absolute atomic E-state index is 14.9. The first-order chi connectivity index (χ1) is 37.2. The highest BCUT2D eigenvalue weighted by molar-refractivity contribution is 8.00. The predicted octanol–water partition coefficient (Wildman–Crippen LogP) is 3.74. The number of fused-ring (bicyclic) bond motifs is 4. The van der Waals surface area contributed by atoms with Gasteiger partial charge < -0.3 is 52.3 Å². The number of nitrogens with one attached hydrogen (secondary N) is 8. The number of amides is 8. The second-order valence-corrected chi connectivity index (χ2v) is 26.9. The van der Waals surface area contributed by atoms with Crippen LogP contribution in [0.25, 0.3) is 0 Å². The zero-order chi connectivity index (χ0) is 55.8. The number of nitrogens with zero attached hydrogens (tertiary/aromatic N) is 2. The SMILES string of the molecule is CN[C@@H](C)C(=O)N[C@H]1CCS[C@H]2CC(C)(C)[C@@H](C(=O)NC3c4ccccc4CC[C@H]3C(=O)NC3CCC(NC(=O)[C@@H]4CCc5ccccc5[C@@H]4NC(=O)[C@H]4N5C(=O)[C@@H](NC(=O)[C@H](C)NC)CCS[C@H]5CC4(C)C)CC3)N2C1=O. The van der Waals surface area contributed by atoms with Crippen LogP contribution in [0.2, 0.25) is 0 Å². The molecule has 8 N–H and O–H groups in total. The molecule has 2 aromatic rings. The Labute approximate surface area is 468 Å². The number of hydrogen-bond donors (Lipinski definition) is 8. The third-order valence-corrected chi connectivity index (χ3v) is 20.6. The van der Waals surface area contributed by atoms with Crippen molar-refractivity contribution in [2.45, 2.75) is 190 Å². The molecule has 18 nitrogen and oxygen atoms in total. The number of benzene rings is 2. The number of rotatable bonds is 14. The Morgan fingerprint density at radius 1 is 0.513 bits per heavy atom. The van der Waals surface area contributed by atoms with Gasteiger partial charge in [0.1, 0.15) is 24.2 Å². The Morgan fingerprint density at radius 2 is 0.885 bits per heavy atom. The molecule has 1 unspecified atom stereocenters. The van der Waals surface area contributed by atoms with Gasteiger partial charge in [0.05, 0.1) is 46.8 Å². The van der Waals surface area contributed by atoms with Crippen LogP contribution in [0.1, 0.15) is 140 Å². The maximum atomic E-state index is 14.9. The van der Waals surface area contributed by atoms with Crippen molar-refractivity contribution in [3.63, 3.8) is 0 Å². The summed E-state index contributed by atoms with van der Waals surface area (Å²) in [6, 6.07) is 10.1. The second kappa shape index (κ2) is 23.9. The molecule has 8 amide bonds. The fourth-order valence-electron chi connectivity index (χ4n) is 13.5. The molecular weight excluding hydrogens is 1030 g/mol. The molecule has 12 atom stereocenters. The molecule has 7 aliphatic rings. The normalized spacial score (nSPS) is 31.8. The molecule has 0 aromatic heterocycles. The van der Waals surface area contributed by atoms with Crippen LogP contribution >= 0.6 is 23.5 Å². The van der Waals surface area contributed by atoms with E-state index in [0.29, 0.717) is 88.6 Å². The minimum Gasteiger partial charge on any atom is -0.353 e. The van der Waals surface area contributed by atoms with Gasteiger partial charge in [-0.05, 0) is 150 Å².